The largest absolute Gasteiger partial charge is 0.346 e. The van der Waals surface area contributed by atoms with Gasteiger partial charge in [0.25, 0.3) is 0 Å². The summed E-state index contributed by atoms with van der Waals surface area (Å²) in [7, 11) is -3.65. The summed E-state index contributed by atoms with van der Waals surface area (Å²) < 4.78 is 30.1. The summed E-state index contributed by atoms with van der Waals surface area (Å²) in [5.74, 6) is 0.183. The number of sulfonamides is 1. The smallest absolute Gasteiger partial charge is 0.243 e. The third kappa shape index (κ3) is 3.57. The Labute approximate surface area is 186 Å². The van der Waals surface area contributed by atoms with E-state index in [0.717, 1.165) is 28.7 Å². The number of nitriles is 1. The van der Waals surface area contributed by atoms with Gasteiger partial charge in [-0.25, -0.2) is 13.4 Å². The predicted molar refractivity (Wildman–Crippen MR) is 120 cm³/mol. The zero-order chi connectivity index (χ0) is 22.3. The van der Waals surface area contributed by atoms with Crippen LogP contribution in [0.15, 0.2) is 66.0 Å². The molecule has 4 heterocycles. The van der Waals surface area contributed by atoms with E-state index < -0.39 is 10.0 Å². The van der Waals surface area contributed by atoms with Crippen molar-refractivity contribution in [2.24, 2.45) is 5.92 Å². The Kier molecular flexibility index (Phi) is 5.04. The quantitative estimate of drug-likeness (QED) is 0.506. The number of H-pyrrole nitrogens is 1. The Balaban J connectivity index is 1.36. The molecule has 0 spiro atoms. The molecule has 0 radical (unpaired) electrons. The summed E-state index contributed by atoms with van der Waals surface area (Å²) in [6, 6.07) is 14.1. The van der Waals surface area contributed by atoms with E-state index >= 15 is 0 Å². The molecule has 1 saturated heterocycles. The van der Waals surface area contributed by atoms with E-state index in [4.69, 9.17) is 10.2 Å². The van der Waals surface area contributed by atoms with Crippen molar-refractivity contribution in [1.82, 2.24) is 24.1 Å². The Morgan fingerprint density at radius 1 is 1.25 bits per heavy atom. The molecular weight excluding hydrogens is 424 g/mol. The van der Waals surface area contributed by atoms with Crippen molar-refractivity contribution >= 4 is 21.1 Å². The van der Waals surface area contributed by atoms with E-state index in [1.807, 2.05) is 43.6 Å². The second kappa shape index (κ2) is 7.89. The second-order valence-corrected chi connectivity index (χ2v) is 10.1. The lowest BCUT2D eigenvalue weighted by Gasteiger charge is -2.21. The van der Waals surface area contributed by atoms with Gasteiger partial charge in [-0.15, -0.1) is 0 Å². The minimum atomic E-state index is -3.65. The molecule has 0 aliphatic carbocycles. The topological polar surface area (TPSA) is 108 Å². The molecule has 1 aliphatic heterocycles. The number of rotatable bonds is 5. The molecule has 0 saturated carbocycles. The fourth-order valence-electron chi connectivity index (χ4n) is 4.50. The molecule has 5 rings (SSSR count). The Bertz CT molecular complexity index is 1420. The summed E-state index contributed by atoms with van der Waals surface area (Å²) in [5, 5.41) is 15.9. The lowest BCUT2D eigenvalue weighted by Crippen LogP contribution is -2.34. The normalized spacial score (nSPS) is 19.4. The zero-order valence-electron chi connectivity index (χ0n) is 17.5. The van der Waals surface area contributed by atoms with Crippen LogP contribution >= 0.6 is 0 Å². The monoisotopic (exact) mass is 446 g/mol. The molecule has 32 heavy (non-hydrogen) atoms. The lowest BCUT2D eigenvalue weighted by molar-refractivity contribution is 0.399. The van der Waals surface area contributed by atoms with Gasteiger partial charge in [-0.1, -0.05) is 6.07 Å². The summed E-state index contributed by atoms with van der Waals surface area (Å²) >= 11 is 0. The van der Waals surface area contributed by atoms with Gasteiger partial charge in [0, 0.05) is 37.1 Å². The first-order valence-electron chi connectivity index (χ1n) is 10.4. The van der Waals surface area contributed by atoms with Crippen molar-refractivity contribution in [3.05, 3.63) is 66.6 Å². The maximum atomic E-state index is 13.2. The fraction of sp³-hybridized carbons (Fsp3) is 0.261. The molecule has 3 aromatic heterocycles. The van der Waals surface area contributed by atoms with Gasteiger partial charge in [-0.2, -0.15) is 14.7 Å². The van der Waals surface area contributed by atoms with E-state index in [0.29, 0.717) is 18.7 Å². The minimum Gasteiger partial charge on any atom is -0.346 e. The van der Waals surface area contributed by atoms with Crippen LogP contribution in [-0.4, -0.2) is 45.1 Å². The average molecular weight is 447 g/mol. The van der Waals surface area contributed by atoms with Crippen LogP contribution < -0.4 is 0 Å². The molecule has 8 nitrogen and oxygen atoms in total. The Morgan fingerprint density at radius 3 is 2.91 bits per heavy atom. The van der Waals surface area contributed by atoms with Crippen LogP contribution in [0.2, 0.25) is 0 Å². The van der Waals surface area contributed by atoms with E-state index in [1.165, 1.54) is 6.07 Å². The van der Waals surface area contributed by atoms with Crippen LogP contribution in [0.1, 0.15) is 18.9 Å². The predicted octanol–water partition coefficient (Wildman–Crippen LogP) is 3.40. The molecule has 0 amide bonds. The van der Waals surface area contributed by atoms with Gasteiger partial charge in [0.05, 0.1) is 39.5 Å². The van der Waals surface area contributed by atoms with Gasteiger partial charge in [0.15, 0.2) is 0 Å². The van der Waals surface area contributed by atoms with Crippen LogP contribution in [0.4, 0.5) is 0 Å². The highest BCUT2D eigenvalue weighted by molar-refractivity contribution is 7.89. The first-order valence-corrected chi connectivity index (χ1v) is 11.9. The number of nitrogens with zero attached hydrogens (tertiary/aromatic N) is 5. The number of benzene rings is 1. The van der Waals surface area contributed by atoms with Gasteiger partial charge >= 0.3 is 0 Å². The molecule has 1 aromatic carbocycles. The second-order valence-electron chi connectivity index (χ2n) is 8.22. The number of pyridine rings is 1. The van der Waals surface area contributed by atoms with E-state index in [-0.39, 0.29) is 16.9 Å². The Morgan fingerprint density at radius 2 is 2.12 bits per heavy atom. The molecule has 1 aliphatic rings. The van der Waals surface area contributed by atoms with Crippen molar-refractivity contribution in [3.8, 4) is 17.3 Å². The van der Waals surface area contributed by atoms with Crippen LogP contribution in [0, 0.1) is 17.2 Å². The van der Waals surface area contributed by atoms with E-state index in [9.17, 15) is 8.42 Å². The van der Waals surface area contributed by atoms with Gasteiger partial charge in [-0.05, 0) is 55.7 Å². The first kappa shape index (κ1) is 20.4. The number of aromatic nitrogens is 4. The van der Waals surface area contributed by atoms with Crippen molar-refractivity contribution in [3.63, 3.8) is 0 Å². The van der Waals surface area contributed by atoms with Crippen molar-refractivity contribution in [2.75, 3.05) is 6.54 Å². The highest BCUT2D eigenvalue weighted by atomic mass is 32.2. The summed E-state index contributed by atoms with van der Waals surface area (Å²) in [5.41, 5.74) is 4.05. The van der Waals surface area contributed by atoms with Crippen LogP contribution in [0.25, 0.3) is 22.3 Å². The molecule has 1 unspecified atom stereocenters. The number of fused-ring (bicyclic) bond motifs is 1. The van der Waals surface area contributed by atoms with Gasteiger partial charge in [0.2, 0.25) is 10.0 Å². The summed E-state index contributed by atoms with van der Waals surface area (Å²) in [6.07, 6.45) is 6.34. The highest BCUT2D eigenvalue weighted by Crippen LogP contribution is 2.31. The fourth-order valence-corrected chi connectivity index (χ4v) is 6.26. The van der Waals surface area contributed by atoms with Crippen molar-refractivity contribution < 1.29 is 8.42 Å². The molecule has 2 atom stereocenters. The van der Waals surface area contributed by atoms with Gasteiger partial charge in [0.1, 0.15) is 0 Å². The number of aromatic amines is 1. The van der Waals surface area contributed by atoms with E-state index in [1.54, 1.807) is 28.7 Å². The van der Waals surface area contributed by atoms with E-state index in [2.05, 4.69) is 14.8 Å². The molecular formula is C23H22N6O2S. The van der Waals surface area contributed by atoms with Crippen LogP contribution in [0.5, 0.6) is 0 Å². The molecule has 0 bridgehead atoms. The molecule has 9 heteroatoms. The van der Waals surface area contributed by atoms with Crippen molar-refractivity contribution in [1.29, 1.82) is 5.26 Å². The number of hydrogen-bond acceptors (Lipinski definition) is 5. The number of nitrogens with one attached hydrogen (secondary N) is 1. The van der Waals surface area contributed by atoms with Gasteiger partial charge < -0.3 is 4.57 Å². The maximum absolute atomic E-state index is 13.2. The molecule has 1 fully saturated rings. The van der Waals surface area contributed by atoms with Crippen LogP contribution in [0.3, 0.4) is 0 Å². The third-order valence-electron chi connectivity index (χ3n) is 6.05. The zero-order valence-corrected chi connectivity index (χ0v) is 18.3. The first-order chi connectivity index (χ1) is 15.5. The number of hydrogen-bond donors (Lipinski definition) is 1. The molecule has 162 valence electrons. The lowest BCUT2D eigenvalue weighted by atomic mass is 10.1. The van der Waals surface area contributed by atoms with Gasteiger partial charge in [-0.3, -0.25) is 5.10 Å². The maximum Gasteiger partial charge on any atom is 0.243 e. The third-order valence-corrected chi connectivity index (χ3v) is 8.02. The molecule has 4 aromatic rings. The molecule has 1 N–H and O–H groups in total. The average Bonchev–Trinajstić information content (AvgIpc) is 3.54. The summed E-state index contributed by atoms with van der Waals surface area (Å²) in [6.45, 7) is 3.10. The van der Waals surface area contributed by atoms with Crippen LogP contribution in [-0.2, 0) is 16.6 Å². The van der Waals surface area contributed by atoms with Crippen molar-refractivity contribution in [2.45, 2.75) is 30.8 Å². The summed E-state index contributed by atoms with van der Waals surface area (Å²) in [4.78, 5) is 4.90. The Hall–Kier alpha value is -3.48. The highest BCUT2D eigenvalue weighted by Gasteiger charge is 2.38. The SMILES string of the molecule is C[C@@H]1CC(Cn2ccc3nc(-c4cn[nH]c4)ccc32)CN1S(=O)(=O)c1cccc(C#N)c1. The standard InChI is InChI=1S/C23H22N6O2S/c1-16-9-18(15-29(16)32(30,31)20-4-2-3-17(10-20)11-24)14-28-8-7-22-23(28)6-5-21(27-22)19-12-25-26-13-19/h2-8,10,12-13,16,18H,9,14-15H2,1H3,(H,25,26)/t16-,18?/m1/s1. The minimum absolute atomic E-state index is 0.108.